The summed E-state index contributed by atoms with van der Waals surface area (Å²) in [6, 6.07) is 0. The quantitative estimate of drug-likeness (QED) is 0.556. The Kier molecular flexibility index (Phi) is 6.31. The number of ketones is 1. The maximum absolute atomic E-state index is 12.6. The third-order valence-electron chi connectivity index (χ3n) is 4.00. The molecule has 0 saturated carbocycles. The molecule has 0 aliphatic heterocycles. The second-order valence-electron chi connectivity index (χ2n) is 6.33. The monoisotopic (exact) mass is 298 g/mol. The van der Waals surface area contributed by atoms with E-state index >= 15 is 0 Å². The Morgan fingerprint density at radius 3 is 2.65 bits per heavy atom. The molecule has 0 N–H and O–H groups in total. The standard InChI is InChI=1S/C16H26O3S/c1-11-7-6-8-16(3,4)15(11)13(17)9-12(2)20-10-14(18)19-5/h6-7,11-12,15H,8-10H2,1-5H3. The van der Waals surface area contributed by atoms with E-state index in [1.165, 1.54) is 18.9 Å². The first-order valence-corrected chi connectivity index (χ1v) is 8.20. The largest absolute Gasteiger partial charge is 0.468 e. The topological polar surface area (TPSA) is 43.4 Å². The molecule has 0 aromatic heterocycles. The highest BCUT2D eigenvalue weighted by Gasteiger charge is 2.39. The summed E-state index contributed by atoms with van der Waals surface area (Å²) in [7, 11) is 1.39. The molecular weight excluding hydrogens is 272 g/mol. The highest BCUT2D eigenvalue weighted by molar-refractivity contribution is 8.00. The zero-order valence-electron chi connectivity index (χ0n) is 13.1. The fourth-order valence-corrected chi connectivity index (χ4v) is 3.82. The lowest BCUT2D eigenvalue weighted by atomic mass is 9.65. The Morgan fingerprint density at radius 2 is 2.10 bits per heavy atom. The average molecular weight is 298 g/mol. The lowest BCUT2D eigenvalue weighted by molar-refractivity contribution is -0.137. The van der Waals surface area contributed by atoms with Gasteiger partial charge in [0, 0.05) is 17.6 Å². The number of allylic oxidation sites excluding steroid dienone is 2. The molecule has 1 aliphatic carbocycles. The lowest BCUT2D eigenvalue weighted by Crippen LogP contribution is -2.38. The van der Waals surface area contributed by atoms with Gasteiger partial charge in [-0.1, -0.05) is 39.8 Å². The van der Waals surface area contributed by atoms with Crippen molar-refractivity contribution in [1.82, 2.24) is 0 Å². The van der Waals surface area contributed by atoms with Crippen molar-refractivity contribution in [2.24, 2.45) is 17.3 Å². The Morgan fingerprint density at radius 1 is 1.45 bits per heavy atom. The summed E-state index contributed by atoms with van der Waals surface area (Å²) in [6.07, 6.45) is 5.81. The van der Waals surface area contributed by atoms with Gasteiger partial charge in [0.2, 0.25) is 0 Å². The van der Waals surface area contributed by atoms with E-state index in [0.29, 0.717) is 23.9 Å². The van der Waals surface area contributed by atoms with E-state index in [2.05, 4.69) is 37.7 Å². The van der Waals surface area contributed by atoms with Crippen LogP contribution in [0.1, 0.15) is 40.5 Å². The minimum absolute atomic E-state index is 0.0258. The predicted molar refractivity (Wildman–Crippen MR) is 83.8 cm³/mol. The van der Waals surface area contributed by atoms with Crippen molar-refractivity contribution in [3.63, 3.8) is 0 Å². The first-order valence-electron chi connectivity index (χ1n) is 7.15. The van der Waals surface area contributed by atoms with Gasteiger partial charge in [-0.2, -0.15) is 0 Å². The van der Waals surface area contributed by atoms with Gasteiger partial charge < -0.3 is 4.74 Å². The van der Waals surface area contributed by atoms with Crippen LogP contribution in [0.25, 0.3) is 0 Å². The molecular formula is C16H26O3S. The molecule has 114 valence electrons. The van der Waals surface area contributed by atoms with E-state index in [1.54, 1.807) is 0 Å². The molecule has 0 spiro atoms. The molecule has 0 heterocycles. The molecule has 20 heavy (non-hydrogen) atoms. The summed E-state index contributed by atoms with van der Waals surface area (Å²) in [4.78, 5) is 23.7. The van der Waals surface area contributed by atoms with E-state index in [0.717, 1.165) is 6.42 Å². The van der Waals surface area contributed by atoms with Gasteiger partial charge in [0.1, 0.15) is 5.78 Å². The van der Waals surface area contributed by atoms with Crippen molar-refractivity contribution in [1.29, 1.82) is 0 Å². The number of methoxy groups -OCH3 is 1. The van der Waals surface area contributed by atoms with Gasteiger partial charge in [0.05, 0.1) is 12.9 Å². The molecule has 1 aliphatic rings. The van der Waals surface area contributed by atoms with Crippen LogP contribution >= 0.6 is 11.8 Å². The van der Waals surface area contributed by atoms with Crippen LogP contribution in [-0.2, 0) is 14.3 Å². The van der Waals surface area contributed by atoms with Crippen LogP contribution in [-0.4, -0.2) is 29.9 Å². The van der Waals surface area contributed by atoms with Gasteiger partial charge >= 0.3 is 5.97 Å². The van der Waals surface area contributed by atoms with Crippen LogP contribution in [0, 0.1) is 17.3 Å². The Balaban J connectivity index is 2.57. The normalized spacial score (nSPS) is 26.1. The maximum Gasteiger partial charge on any atom is 0.315 e. The van der Waals surface area contributed by atoms with Gasteiger partial charge in [-0.05, 0) is 17.8 Å². The number of rotatable bonds is 6. The first kappa shape index (κ1) is 17.3. The van der Waals surface area contributed by atoms with Crippen LogP contribution in [0.2, 0.25) is 0 Å². The van der Waals surface area contributed by atoms with E-state index in [-0.39, 0.29) is 22.6 Å². The summed E-state index contributed by atoms with van der Waals surface area (Å²) in [5.74, 6) is 0.770. The molecule has 0 radical (unpaired) electrons. The van der Waals surface area contributed by atoms with Crippen molar-refractivity contribution in [2.75, 3.05) is 12.9 Å². The van der Waals surface area contributed by atoms with Gasteiger partial charge in [0.25, 0.3) is 0 Å². The Labute approximate surface area is 126 Å². The van der Waals surface area contributed by atoms with Gasteiger partial charge in [-0.3, -0.25) is 9.59 Å². The van der Waals surface area contributed by atoms with Crippen molar-refractivity contribution >= 4 is 23.5 Å². The second kappa shape index (κ2) is 7.30. The molecule has 0 aromatic carbocycles. The Bertz CT molecular complexity index is 387. The molecule has 3 unspecified atom stereocenters. The van der Waals surface area contributed by atoms with E-state index < -0.39 is 0 Å². The van der Waals surface area contributed by atoms with Crippen LogP contribution in [0.4, 0.5) is 0 Å². The van der Waals surface area contributed by atoms with Gasteiger partial charge in [-0.25, -0.2) is 0 Å². The van der Waals surface area contributed by atoms with Crippen LogP contribution in [0.15, 0.2) is 12.2 Å². The molecule has 0 bridgehead atoms. The number of carbonyl (C=O) groups is 2. The summed E-state index contributed by atoms with van der Waals surface area (Å²) in [5, 5.41) is 0.149. The van der Waals surface area contributed by atoms with Crippen LogP contribution < -0.4 is 0 Å². The minimum atomic E-state index is -0.233. The lowest BCUT2D eigenvalue weighted by Gasteiger charge is -2.39. The van der Waals surface area contributed by atoms with Gasteiger partial charge in [-0.15, -0.1) is 11.8 Å². The predicted octanol–water partition coefficient (Wildman–Crippen LogP) is 3.48. The molecule has 0 aromatic rings. The highest BCUT2D eigenvalue weighted by Crippen LogP contribution is 2.42. The second-order valence-corrected chi connectivity index (χ2v) is 7.75. The summed E-state index contributed by atoms with van der Waals surface area (Å²) in [6.45, 7) is 8.46. The number of hydrogen-bond donors (Lipinski definition) is 0. The molecule has 3 nitrogen and oxygen atoms in total. The number of thioether (sulfide) groups is 1. The number of Topliss-reactive ketones (excluding diaryl/α,β-unsaturated/α-hetero) is 1. The summed E-state index contributed by atoms with van der Waals surface area (Å²) < 4.78 is 4.62. The van der Waals surface area contributed by atoms with E-state index in [1.807, 2.05) is 6.92 Å². The molecule has 0 amide bonds. The third kappa shape index (κ3) is 4.65. The minimum Gasteiger partial charge on any atom is -0.468 e. The van der Waals surface area contributed by atoms with Crippen LogP contribution in [0.3, 0.4) is 0 Å². The number of carbonyl (C=O) groups excluding carboxylic acids is 2. The maximum atomic E-state index is 12.6. The summed E-state index contributed by atoms with van der Waals surface area (Å²) in [5.41, 5.74) is 0.0258. The van der Waals surface area contributed by atoms with Crippen molar-refractivity contribution in [2.45, 2.75) is 45.8 Å². The SMILES string of the molecule is COC(=O)CSC(C)CC(=O)C1C(C)C=CCC1(C)C. The van der Waals surface area contributed by atoms with Crippen molar-refractivity contribution in [3.05, 3.63) is 12.2 Å². The highest BCUT2D eigenvalue weighted by atomic mass is 32.2. The molecule has 1 rings (SSSR count). The van der Waals surface area contributed by atoms with Gasteiger partial charge in [0.15, 0.2) is 0 Å². The molecule has 0 fully saturated rings. The summed E-state index contributed by atoms with van der Waals surface area (Å²) >= 11 is 1.49. The zero-order chi connectivity index (χ0) is 15.3. The van der Waals surface area contributed by atoms with E-state index in [9.17, 15) is 9.59 Å². The average Bonchev–Trinajstić information content (AvgIpc) is 2.34. The number of ether oxygens (including phenoxy) is 1. The fourth-order valence-electron chi connectivity index (χ4n) is 3.00. The molecule has 3 atom stereocenters. The Hall–Kier alpha value is -0.770. The fraction of sp³-hybridized carbons (Fsp3) is 0.750. The number of esters is 1. The van der Waals surface area contributed by atoms with Crippen molar-refractivity contribution in [3.8, 4) is 0 Å². The molecule has 4 heteroatoms. The molecule has 0 saturated heterocycles. The third-order valence-corrected chi connectivity index (χ3v) is 5.14. The number of hydrogen-bond acceptors (Lipinski definition) is 4. The van der Waals surface area contributed by atoms with E-state index in [4.69, 9.17) is 0 Å². The zero-order valence-corrected chi connectivity index (χ0v) is 14.0. The van der Waals surface area contributed by atoms with Crippen molar-refractivity contribution < 1.29 is 14.3 Å². The smallest absolute Gasteiger partial charge is 0.315 e. The first-order chi connectivity index (χ1) is 9.27. The van der Waals surface area contributed by atoms with Crippen LogP contribution in [0.5, 0.6) is 0 Å².